The lowest BCUT2D eigenvalue weighted by molar-refractivity contribution is -0.125. The number of furan rings is 1. The number of nitrogens with zero attached hydrogens (tertiary/aromatic N) is 1. The van der Waals surface area contributed by atoms with Gasteiger partial charge in [-0.05, 0) is 61.4 Å². The van der Waals surface area contributed by atoms with Gasteiger partial charge in [-0.25, -0.2) is 4.79 Å². The predicted molar refractivity (Wildman–Crippen MR) is 128 cm³/mol. The second-order valence-electron chi connectivity index (χ2n) is 9.71. The van der Waals surface area contributed by atoms with E-state index in [1.165, 1.54) is 16.5 Å². The van der Waals surface area contributed by atoms with Crippen LogP contribution in [0.2, 0.25) is 0 Å². The summed E-state index contributed by atoms with van der Waals surface area (Å²) in [6.07, 6.45) is 3.64. The van der Waals surface area contributed by atoms with Gasteiger partial charge in [-0.2, -0.15) is 0 Å². The highest BCUT2D eigenvalue weighted by molar-refractivity contribution is 6.07. The highest BCUT2D eigenvalue weighted by Gasteiger charge is 2.50. The Kier molecular flexibility index (Phi) is 5.42. The highest BCUT2D eigenvalue weighted by Crippen LogP contribution is 2.36. The number of hydrogen-bond acceptors (Lipinski definition) is 4. The van der Waals surface area contributed by atoms with Gasteiger partial charge in [0.25, 0.3) is 11.8 Å². The molecule has 1 aromatic heterocycles. The quantitative estimate of drug-likeness (QED) is 0.564. The van der Waals surface area contributed by atoms with Gasteiger partial charge in [0.15, 0.2) is 0 Å². The molecule has 3 heterocycles. The van der Waals surface area contributed by atoms with Crippen LogP contribution in [-0.2, 0) is 10.3 Å². The average molecular weight is 460 g/mol. The topological polar surface area (TPSA) is 91.7 Å². The molecule has 0 radical (unpaired) electrons. The smallest absolute Gasteiger partial charge is 0.322 e. The van der Waals surface area contributed by atoms with Crippen LogP contribution in [0.3, 0.4) is 0 Å². The molecule has 2 saturated heterocycles. The molecule has 7 nitrogen and oxygen atoms in total. The molecule has 0 aliphatic carbocycles. The van der Waals surface area contributed by atoms with E-state index in [0.29, 0.717) is 30.1 Å². The van der Waals surface area contributed by atoms with Crippen molar-refractivity contribution in [3.63, 3.8) is 0 Å². The molecule has 2 aromatic carbocycles. The lowest BCUT2D eigenvalue weighted by atomic mass is 9.79. The van der Waals surface area contributed by atoms with Crippen LogP contribution in [0.15, 0.2) is 53.1 Å². The first-order valence-corrected chi connectivity index (χ1v) is 11.8. The Morgan fingerprint density at radius 2 is 1.79 bits per heavy atom. The summed E-state index contributed by atoms with van der Waals surface area (Å²) in [5.74, 6) is -0.167. The number of carbonyl (C=O) groups excluding carboxylic acids is 3. The number of benzene rings is 2. The molecule has 0 bridgehead atoms. The molecular formula is C27H29N3O4. The summed E-state index contributed by atoms with van der Waals surface area (Å²) in [5.41, 5.74) is 3.47. The second kappa shape index (κ2) is 8.31. The van der Waals surface area contributed by atoms with Crippen molar-refractivity contribution < 1.29 is 18.8 Å². The van der Waals surface area contributed by atoms with Crippen LogP contribution in [-0.4, -0.2) is 35.8 Å². The van der Waals surface area contributed by atoms with Crippen molar-refractivity contribution in [2.45, 2.75) is 45.1 Å². The van der Waals surface area contributed by atoms with Crippen LogP contribution in [0.25, 0.3) is 11.0 Å². The summed E-state index contributed by atoms with van der Waals surface area (Å²) >= 11 is 0. The lowest BCUT2D eigenvalue weighted by Crippen LogP contribution is -2.48. The van der Waals surface area contributed by atoms with Gasteiger partial charge in [0.2, 0.25) is 0 Å². The minimum atomic E-state index is -1.12. The largest absolute Gasteiger partial charge is 0.464 e. The number of likely N-dealkylation sites (tertiary alicyclic amines) is 1. The minimum Gasteiger partial charge on any atom is -0.464 e. The van der Waals surface area contributed by atoms with Crippen molar-refractivity contribution in [2.75, 3.05) is 13.1 Å². The van der Waals surface area contributed by atoms with Gasteiger partial charge in [-0.15, -0.1) is 0 Å². The van der Waals surface area contributed by atoms with E-state index in [9.17, 15) is 14.4 Å². The molecule has 7 heteroatoms. The predicted octanol–water partition coefficient (Wildman–Crippen LogP) is 4.45. The van der Waals surface area contributed by atoms with Crippen LogP contribution in [0.5, 0.6) is 0 Å². The van der Waals surface area contributed by atoms with E-state index in [2.05, 4.69) is 29.7 Å². The van der Waals surface area contributed by atoms with E-state index in [1.54, 1.807) is 24.3 Å². The Bertz CT molecular complexity index is 1270. The number of fused-ring (bicyclic) bond motifs is 1. The molecule has 3 aromatic rings. The Hall–Kier alpha value is -3.61. The van der Waals surface area contributed by atoms with Crippen molar-refractivity contribution in [3.8, 4) is 0 Å². The zero-order valence-electron chi connectivity index (χ0n) is 19.7. The Morgan fingerprint density at radius 3 is 2.41 bits per heavy atom. The van der Waals surface area contributed by atoms with Crippen LogP contribution >= 0.6 is 0 Å². The standard InChI is InChI=1S/C27H29N3O4/c1-16(2)27(25(32)28-26(33)29-27)20-7-5-19(6-8-20)24(31)30-12-10-18(11-13-30)22-15-34-23-9-4-17(3)14-21(22)23/h4-9,14-16,18H,10-13H2,1-3H3,(H2,28,29,32,33)/t27-/m1/s1. The molecule has 2 aliphatic heterocycles. The van der Waals surface area contributed by atoms with Gasteiger partial charge in [0.05, 0.1) is 6.26 Å². The minimum absolute atomic E-state index is 0.0172. The summed E-state index contributed by atoms with van der Waals surface area (Å²) in [6, 6.07) is 12.8. The maximum atomic E-state index is 13.2. The molecule has 0 saturated carbocycles. The zero-order chi connectivity index (χ0) is 24.0. The Morgan fingerprint density at radius 1 is 1.09 bits per heavy atom. The van der Waals surface area contributed by atoms with Crippen molar-refractivity contribution in [3.05, 3.63) is 71.0 Å². The van der Waals surface area contributed by atoms with Gasteiger partial charge in [0, 0.05) is 29.6 Å². The summed E-state index contributed by atoms with van der Waals surface area (Å²) in [5, 5.41) is 6.28. The van der Waals surface area contributed by atoms with E-state index < -0.39 is 11.6 Å². The number of urea groups is 1. The van der Waals surface area contributed by atoms with Crippen molar-refractivity contribution >= 4 is 28.8 Å². The van der Waals surface area contributed by atoms with Crippen molar-refractivity contribution in [2.24, 2.45) is 5.92 Å². The molecule has 2 aliphatic rings. The monoisotopic (exact) mass is 459 g/mol. The molecule has 5 rings (SSSR count). The number of rotatable bonds is 4. The molecule has 0 unspecified atom stereocenters. The second-order valence-corrected chi connectivity index (χ2v) is 9.71. The third-order valence-corrected chi connectivity index (χ3v) is 7.33. The van der Waals surface area contributed by atoms with E-state index >= 15 is 0 Å². The van der Waals surface area contributed by atoms with E-state index in [4.69, 9.17) is 4.42 Å². The Labute approximate surface area is 198 Å². The maximum absolute atomic E-state index is 13.2. The first kappa shape index (κ1) is 22.2. The van der Waals surface area contributed by atoms with E-state index in [1.807, 2.05) is 31.1 Å². The molecule has 2 N–H and O–H groups in total. The summed E-state index contributed by atoms with van der Waals surface area (Å²) in [4.78, 5) is 39.4. The maximum Gasteiger partial charge on any atom is 0.322 e. The first-order chi connectivity index (χ1) is 16.3. The zero-order valence-corrected chi connectivity index (χ0v) is 19.7. The molecule has 34 heavy (non-hydrogen) atoms. The summed E-state index contributed by atoms with van der Waals surface area (Å²) in [6.45, 7) is 7.22. The SMILES string of the molecule is Cc1ccc2occ(C3CCN(C(=O)c4ccc([C@@]5(C(C)C)NC(=O)NC5=O)cc4)CC3)c2c1. The van der Waals surface area contributed by atoms with Gasteiger partial charge >= 0.3 is 6.03 Å². The molecule has 4 amide bonds. The number of carbonyl (C=O) groups is 3. The van der Waals surface area contributed by atoms with Gasteiger partial charge in [-0.1, -0.05) is 37.6 Å². The molecule has 2 fully saturated rings. The third-order valence-electron chi connectivity index (χ3n) is 7.33. The fourth-order valence-corrected chi connectivity index (χ4v) is 5.34. The van der Waals surface area contributed by atoms with E-state index in [-0.39, 0.29) is 17.7 Å². The van der Waals surface area contributed by atoms with Gasteiger partial charge < -0.3 is 14.6 Å². The highest BCUT2D eigenvalue weighted by atomic mass is 16.3. The fraction of sp³-hybridized carbons (Fsp3) is 0.370. The molecule has 1 atom stereocenters. The van der Waals surface area contributed by atoms with Crippen LogP contribution in [0, 0.1) is 12.8 Å². The molecule has 0 spiro atoms. The molecular weight excluding hydrogens is 430 g/mol. The third kappa shape index (κ3) is 3.56. The number of imide groups is 1. The van der Waals surface area contributed by atoms with E-state index in [0.717, 1.165) is 18.4 Å². The Balaban J connectivity index is 1.29. The van der Waals surface area contributed by atoms with Crippen molar-refractivity contribution in [1.29, 1.82) is 0 Å². The van der Waals surface area contributed by atoms with Crippen LogP contribution in [0.1, 0.15) is 59.7 Å². The first-order valence-electron chi connectivity index (χ1n) is 11.8. The number of piperidine rings is 1. The molecule has 176 valence electrons. The summed E-state index contributed by atoms with van der Waals surface area (Å²) in [7, 11) is 0. The lowest BCUT2D eigenvalue weighted by Gasteiger charge is -2.32. The van der Waals surface area contributed by atoms with Crippen LogP contribution < -0.4 is 10.6 Å². The number of nitrogens with one attached hydrogen (secondary N) is 2. The van der Waals surface area contributed by atoms with Gasteiger partial charge in [-0.3, -0.25) is 14.9 Å². The normalized spacial score (nSPS) is 21.2. The van der Waals surface area contributed by atoms with Crippen molar-refractivity contribution in [1.82, 2.24) is 15.5 Å². The average Bonchev–Trinajstić information content (AvgIpc) is 3.39. The number of hydrogen-bond donors (Lipinski definition) is 2. The van der Waals surface area contributed by atoms with Crippen LogP contribution in [0.4, 0.5) is 4.79 Å². The number of amides is 4. The van der Waals surface area contributed by atoms with Gasteiger partial charge in [0.1, 0.15) is 11.1 Å². The number of aryl methyl sites for hydroxylation is 1. The summed E-state index contributed by atoms with van der Waals surface area (Å²) < 4.78 is 5.76. The fourth-order valence-electron chi connectivity index (χ4n) is 5.34.